The summed E-state index contributed by atoms with van der Waals surface area (Å²) in [5, 5.41) is 3.02. The molecule has 0 aliphatic rings. The Hall–Kier alpha value is -0.300. The molecule has 15 heavy (non-hydrogen) atoms. The molecule has 0 aromatic rings. The van der Waals surface area contributed by atoms with Crippen molar-refractivity contribution in [1.29, 1.82) is 0 Å². The van der Waals surface area contributed by atoms with Gasteiger partial charge in [0.25, 0.3) is 0 Å². The highest BCUT2D eigenvalue weighted by molar-refractivity contribution is 4.51. The molecule has 1 nitrogen and oxygen atoms in total. The molecule has 0 radical (unpaired) electrons. The summed E-state index contributed by atoms with van der Waals surface area (Å²) >= 11 is 0. The zero-order chi connectivity index (χ0) is 13.5. The van der Waals surface area contributed by atoms with E-state index in [1.807, 2.05) is 41.7 Å². The third kappa shape index (κ3) is 649. The van der Waals surface area contributed by atoms with Crippen molar-refractivity contribution in [2.24, 2.45) is 0 Å². The van der Waals surface area contributed by atoms with Crippen molar-refractivity contribution in [2.75, 3.05) is 13.6 Å². The van der Waals surface area contributed by atoms with Crippen molar-refractivity contribution in [2.45, 2.75) is 68.2 Å². The Balaban J connectivity index is -0.0000000296. The molecule has 0 fully saturated rings. The van der Waals surface area contributed by atoms with Crippen LogP contribution < -0.4 is 5.32 Å². The SMILES string of the molecule is C=CC.CC.CC.CCC.CCCNC. The zero-order valence-electron chi connectivity index (χ0n) is 12.9. The van der Waals surface area contributed by atoms with E-state index in [4.69, 9.17) is 0 Å². The highest BCUT2D eigenvalue weighted by Gasteiger charge is 1.64. The van der Waals surface area contributed by atoms with E-state index in [2.05, 4.69) is 32.7 Å². The van der Waals surface area contributed by atoms with Gasteiger partial charge in [0.05, 0.1) is 0 Å². The number of hydrogen-bond donors (Lipinski definition) is 1. The van der Waals surface area contributed by atoms with E-state index in [9.17, 15) is 0 Å². The highest BCUT2D eigenvalue weighted by atomic mass is 14.8. The summed E-state index contributed by atoms with van der Waals surface area (Å²) in [7, 11) is 1.96. The second kappa shape index (κ2) is 100. The maximum atomic E-state index is 3.36. The first-order chi connectivity index (χ1) is 7.24. The fourth-order valence-corrected chi connectivity index (χ4v) is 0.250. The van der Waals surface area contributed by atoms with Crippen LogP contribution >= 0.6 is 0 Å². The van der Waals surface area contributed by atoms with Crippen molar-refractivity contribution in [3.8, 4) is 0 Å². The third-order valence-corrected chi connectivity index (χ3v) is 0.500. The fraction of sp³-hybridized carbons (Fsp3) is 0.857. The Labute approximate surface area is 100 Å². The van der Waals surface area contributed by atoms with Gasteiger partial charge in [-0.3, -0.25) is 0 Å². The Morgan fingerprint density at radius 1 is 1.00 bits per heavy atom. The summed E-state index contributed by atoms with van der Waals surface area (Å²) in [6, 6.07) is 0. The van der Waals surface area contributed by atoms with Gasteiger partial charge in [-0.05, 0) is 26.9 Å². The minimum absolute atomic E-state index is 1.14. The monoisotopic (exact) mass is 219 g/mol. The van der Waals surface area contributed by atoms with Crippen LogP contribution in [0.15, 0.2) is 12.7 Å². The molecule has 0 aromatic carbocycles. The number of nitrogens with one attached hydrogen (secondary N) is 1. The van der Waals surface area contributed by atoms with Crippen LogP contribution in [-0.2, 0) is 0 Å². The first kappa shape index (κ1) is 29.3. The molecule has 0 spiro atoms. The van der Waals surface area contributed by atoms with E-state index in [0.717, 1.165) is 6.54 Å². The standard InChI is InChI=1S/C4H11N.C3H8.C3H6.2C2H6/c1-3-4-5-2;2*1-3-2;2*1-2/h5H,3-4H2,1-2H3;3H2,1-2H3;3H,1H2,2H3;2*1-2H3. The molecule has 0 atom stereocenters. The topological polar surface area (TPSA) is 12.0 Å². The van der Waals surface area contributed by atoms with Crippen molar-refractivity contribution < 1.29 is 0 Å². The molecular formula is C14H37N. The zero-order valence-corrected chi connectivity index (χ0v) is 12.9. The lowest BCUT2D eigenvalue weighted by Crippen LogP contribution is -2.04. The molecule has 0 saturated heterocycles. The number of rotatable bonds is 2. The van der Waals surface area contributed by atoms with E-state index < -0.39 is 0 Å². The van der Waals surface area contributed by atoms with Crippen LogP contribution in [0, 0.1) is 0 Å². The van der Waals surface area contributed by atoms with Crippen LogP contribution in [-0.4, -0.2) is 13.6 Å². The average molecular weight is 219 g/mol. The minimum atomic E-state index is 1.14. The summed E-state index contributed by atoms with van der Waals surface area (Å²) in [4.78, 5) is 0. The molecule has 0 rings (SSSR count). The Morgan fingerprint density at radius 2 is 1.20 bits per heavy atom. The molecule has 0 aliphatic heterocycles. The van der Waals surface area contributed by atoms with Gasteiger partial charge in [0.2, 0.25) is 0 Å². The van der Waals surface area contributed by atoms with Gasteiger partial charge in [0.1, 0.15) is 0 Å². The van der Waals surface area contributed by atoms with Gasteiger partial charge in [0, 0.05) is 0 Å². The lowest BCUT2D eigenvalue weighted by atomic mass is 10.5. The van der Waals surface area contributed by atoms with Crippen molar-refractivity contribution in [1.82, 2.24) is 5.32 Å². The van der Waals surface area contributed by atoms with Gasteiger partial charge in [0.15, 0.2) is 0 Å². The van der Waals surface area contributed by atoms with Gasteiger partial charge in [-0.2, -0.15) is 0 Å². The Bertz CT molecular complexity index is 40.6. The molecule has 1 N–H and O–H groups in total. The van der Waals surface area contributed by atoms with Gasteiger partial charge in [-0.15, -0.1) is 6.58 Å². The van der Waals surface area contributed by atoms with Gasteiger partial charge >= 0.3 is 0 Å². The molecule has 0 unspecified atom stereocenters. The number of hydrogen-bond acceptors (Lipinski definition) is 1. The first-order valence-electron chi connectivity index (χ1n) is 6.46. The van der Waals surface area contributed by atoms with Crippen LogP contribution in [0.5, 0.6) is 0 Å². The molecule has 0 heterocycles. The van der Waals surface area contributed by atoms with E-state index in [1.54, 1.807) is 6.08 Å². The maximum absolute atomic E-state index is 3.36. The summed E-state index contributed by atoms with van der Waals surface area (Å²) in [5.74, 6) is 0. The van der Waals surface area contributed by atoms with Gasteiger partial charge in [-0.25, -0.2) is 0 Å². The molecule has 1 heteroatoms. The summed E-state index contributed by atoms with van der Waals surface area (Å²) < 4.78 is 0. The van der Waals surface area contributed by atoms with Gasteiger partial charge < -0.3 is 5.32 Å². The Morgan fingerprint density at radius 3 is 1.20 bits per heavy atom. The van der Waals surface area contributed by atoms with Crippen molar-refractivity contribution in [3.63, 3.8) is 0 Å². The van der Waals surface area contributed by atoms with Gasteiger partial charge in [-0.1, -0.05) is 61.0 Å². The lowest BCUT2D eigenvalue weighted by Gasteiger charge is -1.84. The van der Waals surface area contributed by atoms with Crippen LogP contribution in [0.1, 0.15) is 68.2 Å². The Kier molecular flexibility index (Phi) is 196. The molecule has 0 aliphatic carbocycles. The summed E-state index contributed by atoms with van der Waals surface area (Å²) in [5.41, 5.74) is 0. The molecule has 0 amide bonds. The predicted molar refractivity (Wildman–Crippen MR) is 78.7 cm³/mol. The second-order valence-corrected chi connectivity index (χ2v) is 2.22. The summed E-state index contributed by atoms with van der Waals surface area (Å²) in [6.45, 7) is 20.8. The van der Waals surface area contributed by atoms with Crippen molar-refractivity contribution >= 4 is 0 Å². The van der Waals surface area contributed by atoms with E-state index in [-0.39, 0.29) is 0 Å². The largest absolute Gasteiger partial charge is 0.320 e. The van der Waals surface area contributed by atoms with E-state index >= 15 is 0 Å². The molecule has 98 valence electrons. The van der Waals surface area contributed by atoms with E-state index in [0.29, 0.717) is 0 Å². The normalized spacial score (nSPS) is 5.67. The molecular weight excluding hydrogens is 182 g/mol. The maximum Gasteiger partial charge on any atom is -0.00546 e. The highest BCUT2D eigenvalue weighted by Crippen LogP contribution is 1.62. The van der Waals surface area contributed by atoms with Crippen LogP contribution in [0.2, 0.25) is 0 Å². The van der Waals surface area contributed by atoms with Crippen LogP contribution in [0.25, 0.3) is 0 Å². The lowest BCUT2D eigenvalue weighted by molar-refractivity contribution is 0.772. The van der Waals surface area contributed by atoms with Crippen LogP contribution in [0.3, 0.4) is 0 Å². The molecule has 0 saturated carbocycles. The van der Waals surface area contributed by atoms with Crippen molar-refractivity contribution in [3.05, 3.63) is 12.7 Å². The molecule has 0 bridgehead atoms. The third-order valence-electron chi connectivity index (χ3n) is 0.500. The second-order valence-electron chi connectivity index (χ2n) is 2.22. The number of allylic oxidation sites excluding steroid dienone is 1. The minimum Gasteiger partial charge on any atom is -0.320 e. The molecule has 0 aromatic heterocycles. The smallest absolute Gasteiger partial charge is 0.00546 e. The van der Waals surface area contributed by atoms with Crippen LogP contribution in [0.4, 0.5) is 0 Å². The average Bonchev–Trinajstić information content (AvgIpc) is 2.27. The quantitative estimate of drug-likeness (QED) is 0.623. The fourth-order valence-electron chi connectivity index (χ4n) is 0.250. The predicted octanol–water partition coefficient (Wildman–Crippen LogP) is 5.28. The van der Waals surface area contributed by atoms with E-state index in [1.165, 1.54) is 12.8 Å². The summed E-state index contributed by atoms with van der Waals surface area (Å²) in [6.07, 6.45) is 4.23. The first-order valence-corrected chi connectivity index (χ1v) is 6.46.